The van der Waals surface area contributed by atoms with Crippen LogP contribution in [0.4, 0.5) is 0 Å². The Kier molecular flexibility index (Phi) is 5.77. The highest BCUT2D eigenvalue weighted by Gasteiger charge is 2.33. The maximum absolute atomic E-state index is 13.0. The minimum Gasteiger partial charge on any atom is -0.419 e. The molecule has 5 rings (SSSR count). The first-order valence-electron chi connectivity index (χ1n) is 10.8. The van der Waals surface area contributed by atoms with Gasteiger partial charge in [0.1, 0.15) is 0 Å². The monoisotopic (exact) mass is 446 g/mol. The molecule has 4 aromatic rings. The third kappa shape index (κ3) is 4.75. The van der Waals surface area contributed by atoms with Crippen LogP contribution in [0, 0.1) is 0 Å². The Bertz CT molecular complexity index is 1200. The Morgan fingerprint density at radius 3 is 2.53 bits per heavy atom. The molecular formula is C25H23ClN4O2. The lowest BCUT2D eigenvalue weighted by atomic mass is 10.2. The van der Waals surface area contributed by atoms with Gasteiger partial charge in [-0.15, -0.1) is 10.2 Å². The molecule has 6 nitrogen and oxygen atoms in total. The fourth-order valence-electron chi connectivity index (χ4n) is 3.74. The number of carbonyl (C=O) groups is 1. The number of benzene rings is 2. The van der Waals surface area contributed by atoms with Crippen molar-refractivity contribution >= 4 is 17.5 Å². The summed E-state index contributed by atoms with van der Waals surface area (Å²) in [6.07, 6.45) is 3.13. The minimum atomic E-state index is 0.106. The standard InChI is InChI=1S/C25H23ClN4O2/c26-19-8-6-18(7-9-19)25-29-28-23(32-25)16-30(21-12-13-21)24(31)15-11-20-10-14-22(27-20)17-4-2-1-3-5-17/h1-10,14,21,27H,11-13,15-16H2. The van der Waals surface area contributed by atoms with E-state index in [0.717, 1.165) is 35.4 Å². The number of aromatic amines is 1. The van der Waals surface area contributed by atoms with Crippen LogP contribution in [-0.4, -0.2) is 32.0 Å². The molecule has 0 saturated heterocycles. The van der Waals surface area contributed by atoms with E-state index in [1.807, 2.05) is 41.3 Å². The average molecular weight is 447 g/mol. The summed E-state index contributed by atoms with van der Waals surface area (Å²) in [5.41, 5.74) is 4.06. The number of hydrogen-bond donors (Lipinski definition) is 1. The topological polar surface area (TPSA) is 75.0 Å². The van der Waals surface area contributed by atoms with Gasteiger partial charge in [0.25, 0.3) is 0 Å². The van der Waals surface area contributed by atoms with Gasteiger partial charge in [0.2, 0.25) is 17.7 Å². The van der Waals surface area contributed by atoms with Gasteiger partial charge in [-0.2, -0.15) is 0 Å². The van der Waals surface area contributed by atoms with Crippen LogP contribution < -0.4 is 0 Å². The third-order valence-electron chi connectivity index (χ3n) is 5.61. The van der Waals surface area contributed by atoms with Crippen LogP contribution in [0.1, 0.15) is 30.8 Å². The van der Waals surface area contributed by atoms with Crippen LogP contribution in [0.2, 0.25) is 5.02 Å². The number of halogens is 1. The molecule has 1 N–H and O–H groups in total. The molecule has 0 spiro atoms. The summed E-state index contributed by atoms with van der Waals surface area (Å²) in [7, 11) is 0. The molecule has 0 unspecified atom stereocenters. The number of aryl methyl sites for hydroxylation is 1. The van der Waals surface area contributed by atoms with Crippen molar-refractivity contribution in [2.24, 2.45) is 0 Å². The Labute approximate surface area is 191 Å². The first-order chi connectivity index (χ1) is 15.7. The van der Waals surface area contributed by atoms with Crippen molar-refractivity contribution in [2.45, 2.75) is 38.3 Å². The summed E-state index contributed by atoms with van der Waals surface area (Å²) in [5, 5.41) is 8.93. The first kappa shape index (κ1) is 20.5. The van der Waals surface area contributed by atoms with Crippen molar-refractivity contribution in [1.82, 2.24) is 20.1 Å². The second-order valence-corrected chi connectivity index (χ2v) is 8.46. The molecule has 2 aromatic heterocycles. The average Bonchev–Trinajstić information content (AvgIpc) is 3.36. The summed E-state index contributed by atoms with van der Waals surface area (Å²) in [6.45, 7) is 0.337. The Morgan fingerprint density at radius 2 is 1.78 bits per heavy atom. The highest BCUT2D eigenvalue weighted by Crippen LogP contribution is 2.30. The van der Waals surface area contributed by atoms with Gasteiger partial charge in [0.05, 0.1) is 6.54 Å². The SMILES string of the molecule is O=C(CCc1ccc(-c2ccccc2)[nH]1)N(Cc1nnc(-c2ccc(Cl)cc2)o1)C1CC1. The molecule has 1 aliphatic carbocycles. The van der Waals surface area contributed by atoms with E-state index in [9.17, 15) is 4.79 Å². The highest BCUT2D eigenvalue weighted by atomic mass is 35.5. The van der Waals surface area contributed by atoms with Gasteiger partial charge in [0.15, 0.2) is 0 Å². The lowest BCUT2D eigenvalue weighted by Crippen LogP contribution is -2.32. The number of hydrogen-bond acceptors (Lipinski definition) is 4. The fourth-order valence-corrected chi connectivity index (χ4v) is 3.86. The molecule has 1 aliphatic rings. The smallest absolute Gasteiger partial charge is 0.247 e. The van der Waals surface area contributed by atoms with Crippen molar-refractivity contribution in [3.8, 4) is 22.7 Å². The van der Waals surface area contributed by atoms with Crippen LogP contribution in [-0.2, 0) is 17.8 Å². The van der Waals surface area contributed by atoms with E-state index >= 15 is 0 Å². The molecule has 0 aliphatic heterocycles. The van der Waals surface area contributed by atoms with Gasteiger partial charge < -0.3 is 14.3 Å². The number of nitrogens with one attached hydrogen (secondary N) is 1. The molecule has 1 saturated carbocycles. The van der Waals surface area contributed by atoms with Crippen molar-refractivity contribution in [2.75, 3.05) is 0 Å². The lowest BCUT2D eigenvalue weighted by molar-refractivity contribution is -0.132. The van der Waals surface area contributed by atoms with Crippen LogP contribution in [0.15, 0.2) is 71.1 Å². The van der Waals surface area contributed by atoms with Gasteiger partial charge in [-0.3, -0.25) is 4.79 Å². The Balaban J connectivity index is 1.22. The summed E-state index contributed by atoms with van der Waals surface area (Å²) in [5.74, 6) is 0.982. The molecule has 1 fully saturated rings. The number of aromatic nitrogens is 3. The molecule has 162 valence electrons. The fraction of sp³-hybridized carbons (Fsp3) is 0.240. The van der Waals surface area contributed by atoms with E-state index in [2.05, 4.69) is 33.4 Å². The number of nitrogens with zero attached hydrogens (tertiary/aromatic N) is 3. The molecule has 0 bridgehead atoms. The zero-order valence-corrected chi connectivity index (χ0v) is 18.3. The summed E-state index contributed by atoms with van der Waals surface area (Å²) in [6, 6.07) is 21.8. The van der Waals surface area contributed by atoms with Gasteiger partial charge in [-0.1, -0.05) is 41.9 Å². The highest BCUT2D eigenvalue weighted by molar-refractivity contribution is 6.30. The van der Waals surface area contributed by atoms with Gasteiger partial charge in [-0.25, -0.2) is 0 Å². The number of H-pyrrole nitrogens is 1. The molecule has 1 amide bonds. The largest absolute Gasteiger partial charge is 0.419 e. The van der Waals surface area contributed by atoms with Crippen molar-refractivity contribution in [3.63, 3.8) is 0 Å². The Hall–Kier alpha value is -3.38. The maximum atomic E-state index is 13.0. The quantitative estimate of drug-likeness (QED) is 0.387. The van der Waals surface area contributed by atoms with E-state index < -0.39 is 0 Å². The van der Waals surface area contributed by atoms with Gasteiger partial charge in [0, 0.05) is 34.4 Å². The molecule has 2 aromatic carbocycles. The van der Waals surface area contributed by atoms with E-state index in [-0.39, 0.29) is 11.9 Å². The van der Waals surface area contributed by atoms with Crippen LogP contribution in [0.25, 0.3) is 22.7 Å². The predicted octanol–water partition coefficient (Wildman–Crippen LogP) is 5.51. The Morgan fingerprint density at radius 1 is 1.00 bits per heavy atom. The minimum absolute atomic E-state index is 0.106. The molecule has 7 heteroatoms. The molecule has 0 radical (unpaired) electrons. The maximum Gasteiger partial charge on any atom is 0.247 e. The first-order valence-corrected chi connectivity index (χ1v) is 11.1. The van der Waals surface area contributed by atoms with Gasteiger partial charge >= 0.3 is 0 Å². The number of amides is 1. The van der Waals surface area contributed by atoms with Gasteiger partial charge in [-0.05, 0) is 61.2 Å². The molecule has 0 atom stereocenters. The van der Waals surface area contributed by atoms with Crippen LogP contribution >= 0.6 is 11.6 Å². The lowest BCUT2D eigenvalue weighted by Gasteiger charge is -2.20. The second-order valence-electron chi connectivity index (χ2n) is 8.02. The van der Waals surface area contributed by atoms with Crippen molar-refractivity contribution in [1.29, 1.82) is 0 Å². The normalized spacial score (nSPS) is 13.3. The zero-order valence-electron chi connectivity index (χ0n) is 17.5. The van der Waals surface area contributed by atoms with Crippen LogP contribution in [0.3, 0.4) is 0 Å². The van der Waals surface area contributed by atoms with Crippen molar-refractivity contribution in [3.05, 3.63) is 83.3 Å². The van der Waals surface area contributed by atoms with Crippen molar-refractivity contribution < 1.29 is 9.21 Å². The second kappa shape index (κ2) is 9.01. The summed E-state index contributed by atoms with van der Waals surface area (Å²) < 4.78 is 5.82. The molecular weight excluding hydrogens is 424 g/mol. The van der Waals surface area contributed by atoms with E-state index in [1.54, 1.807) is 12.1 Å². The predicted molar refractivity (Wildman–Crippen MR) is 123 cm³/mol. The summed E-state index contributed by atoms with van der Waals surface area (Å²) >= 11 is 5.94. The van der Waals surface area contributed by atoms with Crippen LogP contribution in [0.5, 0.6) is 0 Å². The summed E-state index contributed by atoms with van der Waals surface area (Å²) in [4.78, 5) is 18.3. The van der Waals surface area contributed by atoms with E-state index in [0.29, 0.717) is 36.2 Å². The number of carbonyl (C=O) groups excluding carboxylic acids is 1. The molecule has 2 heterocycles. The number of rotatable bonds is 8. The third-order valence-corrected chi connectivity index (χ3v) is 5.86. The van der Waals surface area contributed by atoms with E-state index in [1.165, 1.54) is 0 Å². The molecule has 32 heavy (non-hydrogen) atoms. The zero-order chi connectivity index (χ0) is 21.9. The van der Waals surface area contributed by atoms with E-state index in [4.69, 9.17) is 16.0 Å².